The van der Waals surface area contributed by atoms with Gasteiger partial charge in [-0.1, -0.05) is 50.1 Å². The van der Waals surface area contributed by atoms with Crippen LogP contribution in [0.4, 0.5) is 0 Å². The third-order valence-corrected chi connectivity index (χ3v) is 4.69. The van der Waals surface area contributed by atoms with E-state index in [-0.39, 0.29) is 18.3 Å². The highest BCUT2D eigenvalue weighted by Gasteiger charge is 2.32. The van der Waals surface area contributed by atoms with E-state index in [1.807, 2.05) is 30.3 Å². The van der Waals surface area contributed by atoms with Gasteiger partial charge in [-0.15, -0.1) is 12.4 Å². The van der Waals surface area contributed by atoms with Gasteiger partial charge < -0.3 is 11.1 Å². The third-order valence-electron chi connectivity index (χ3n) is 4.69. The Morgan fingerprint density at radius 2 is 1.90 bits per heavy atom. The summed E-state index contributed by atoms with van der Waals surface area (Å²) in [6.07, 6.45) is 6.79. The van der Waals surface area contributed by atoms with Crippen molar-refractivity contribution >= 4 is 18.3 Å². The minimum absolute atomic E-state index is 0. The molecule has 0 aromatic heterocycles. The number of nitrogens with one attached hydrogen (secondary N) is 1. The van der Waals surface area contributed by atoms with Crippen LogP contribution in [0.5, 0.6) is 0 Å². The van der Waals surface area contributed by atoms with Gasteiger partial charge in [-0.2, -0.15) is 0 Å². The van der Waals surface area contributed by atoms with Crippen LogP contribution >= 0.6 is 12.4 Å². The molecule has 0 radical (unpaired) electrons. The largest absolute Gasteiger partial charge is 0.354 e. The maximum Gasteiger partial charge on any atom is 0.237 e. The summed E-state index contributed by atoms with van der Waals surface area (Å²) in [6.45, 7) is 3.01. The first kappa shape index (κ1) is 18.0. The lowest BCUT2D eigenvalue weighted by Crippen LogP contribution is -2.45. The van der Waals surface area contributed by atoms with Crippen molar-refractivity contribution in [3.63, 3.8) is 0 Å². The Morgan fingerprint density at radius 1 is 1.29 bits per heavy atom. The lowest BCUT2D eigenvalue weighted by atomic mass is 9.83. The fraction of sp³-hybridized carbons (Fsp3) is 0.588. The number of hydrogen-bond donors (Lipinski definition) is 2. The van der Waals surface area contributed by atoms with Crippen LogP contribution in [0.25, 0.3) is 0 Å². The zero-order valence-electron chi connectivity index (χ0n) is 12.8. The predicted octanol–water partition coefficient (Wildman–Crippen LogP) is 3.06. The SMILES string of the molecule is CCC1(CNC(=O)[C@@H](N)Cc2ccccc2)CCCC1.Cl. The van der Waals surface area contributed by atoms with E-state index in [0.717, 1.165) is 18.5 Å². The molecular formula is C17H27ClN2O. The molecule has 0 unspecified atom stereocenters. The molecule has 1 fully saturated rings. The highest BCUT2D eigenvalue weighted by molar-refractivity contribution is 5.85. The van der Waals surface area contributed by atoms with E-state index < -0.39 is 6.04 Å². The predicted molar refractivity (Wildman–Crippen MR) is 89.6 cm³/mol. The van der Waals surface area contributed by atoms with Gasteiger partial charge in [0.25, 0.3) is 0 Å². The van der Waals surface area contributed by atoms with Crippen LogP contribution in [0, 0.1) is 5.41 Å². The van der Waals surface area contributed by atoms with Gasteiger partial charge in [-0.05, 0) is 36.7 Å². The standard InChI is InChI=1S/C17H26N2O.ClH/c1-2-17(10-6-7-11-17)13-19-16(20)15(18)12-14-8-4-3-5-9-14;/h3-5,8-9,15H,2,6-7,10-13,18H2,1H3,(H,19,20);1H/t15-;/m0./s1. The molecule has 4 heteroatoms. The van der Waals surface area contributed by atoms with Crippen LogP contribution in [0.3, 0.4) is 0 Å². The lowest BCUT2D eigenvalue weighted by Gasteiger charge is -2.28. The number of nitrogens with two attached hydrogens (primary N) is 1. The van der Waals surface area contributed by atoms with E-state index in [9.17, 15) is 4.79 Å². The zero-order chi connectivity index (χ0) is 14.4. The molecule has 0 bridgehead atoms. The zero-order valence-corrected chi connectivity index (χ0v) is 13.6. The minimum Gasteiger partial charge on any atom is -0.354 e. The molecule has 0 heterocycles. The van der Waals surface area contributed by atoms with E-state index in [1.165, 1.54) is 25.7 Å². The second-order valence-corrected chi connectivity index (χ2v) is 6.07. The fourth-order valence-electron chi connectivity index (χ4n) is 3.15. The Labute approximate surface area is 134 Å². The molecule has 1 aliphatic rings. The first-order chi connectivity index (χ1) is 9.65. The molecule has 0 aliphatic heterocycles. The van der Waals surface area contributed by atoms with Crippen LogP contribution in [-0.2, 0) is 11.2 Å². The molecule has 0 spiro atoms. The van der Waals surface area contributed by atoms with Crippen molar-refractivity contribution in [1.29, 1.82) is 0 Å². The second kappa shape index (κ2) is 8.40. The van der Waals surface area contributed by atoms with Crippen molar-refractivity contribution in [3.8, 4) is 0 Å². The van der Waals surface area contributed by atoms with Crippen molar-refractivity contribution in [2.24, 2.45) is 11.1 Å². The number of halogens is 1. The number of amides is 1. The van der Waals surface area contributed by atoms with Gasteiger partial charge in [0.2, 0.25) is 5.91 Å². The normalized spacial score (nSPS) is 17.8. The average molecular weight is 311 g/mol. The van der Waals surface area contributed by atoms with Crippen molar-refractivity contribution in [2.75, 3.05) is 6.54 Å². The quantitative estimate of drug-likeness (QED) is 0.848. The lowest BCUT2D eigenvalue weighted by molar-refractivity contribution is -0.122. The molecule has 1 aliphatic carbocycles. The number of hydrogen-bond acceptors (Lipinski definition) is 2. The molecule has 1 amide bonds. The fourth-order valence-corrected chi connectivity index (χ4v) is 3.15. The van der Waals surface area contributed by atoms with Gasteiger partial charge in [0.05, 0.1) is 6.04 Å². The smallest absolute Gasteiger partial charge is 0.237 e. The maximum atomic E-state index is 12.1. The summed E-state index contributed by atoms with van der Waals surface area (Å²) >= 11 is 0. The summed E-state index contributed by atoms with van der Waals surface area (Å²) in [5, 5.41) is 3.07. The van der Waals surface area contributed by atoms with Gasteiger partial charge in [0.1, 0.15) is 0 Å². The number of benzene rings is 1. The highest BCUT2D eigenvalue weighted by atomic mass is 35.5. The topological polar surface area (TPSA) is 55.1 Å². The summed E-state index contributed by atoms with van der Waals surface area (Å²) < 4.78 is 0. The van der Waals surface area contributed by atoms with Gasteiger partial charge >= 0.3 is 0 Å². The van der Waals surface area contributed by atoms with E-state index in [4.69, 9.17) is 5.73 Å². The van der Waals surface area contributed by atoms with Crippen LogP contribution in [0.15, 0.2) is 30.3 Å². The van der Waals surface area contributed by atoms with E-state index in [1.54, 1.807) is 0 Å². The Hall–Kier alpha value is -1.06. The first-order valence-electron chi connectivity index (χ1n) is 7.72. The molecule has 1 atom stereocenters. The Kier molecular flexibility index (Phi) is 7.20. The molecule has 3 N–H and O–H groups in total. The molecule has 3 nitrogen and oxygen atoms in total. The Balaban J connectivity index is 0.00000220. The van der Waals surface area contributed by atoms with Crippen LogP contribution in [0.1, 0.15) is 44.6 Å². The summed E-state index contributed by atoms with van der Waals surface area (Å²) in [6, 6.07) is 9.50. The molecule has 1 aromatic rings. The van der Waals surface area contributed by atoms with Gasteiger partial charge in [0, 0.05) is 6.54 Å². The third kappa shape index (κ3) is 5.01. The first-order valence-corrected chi connectivity index (χ1v) is 7.72. The average Bonchev–Trinajstić information content (AvgIpc) is 2.95. The molecular weight excluding hydrogens is 284 g/mol. The minimum atomic E-state index is -0.451. The maximum absolute atomic E-state index is 12.1. The summed E-state index contributed by atoms with van der Waals surface area (Å²) in [5.74, 6) is -0.0198. The number of rotatable bonds is 6. The van der Waals surface area contributed by atoms with E-state index in [0.29, 0.717) is 11.8 Å². The number of carbonyl (C=O) groups is 1. The molecule has 2 rings (SSSR count). The Morgan fingerprint density at radius 3 is 2.48 bits per heavy atom. The monoisotopic (exact) mass is 310 g/mol. The van der Waals surface area contributed by atoms with E-state index >= 15 is 0 Å². The molecule has 1 aromatic carbocycles. The summed E-state index contributed by atoms with van der Waals surface area (Å²) in [5.41, 5.74) is 7.44. The van der Waals surface area contributed by atoms with Crippen molar-refractivity contribution in [3.05, 3.63) is 35.9 Å². The second-order valence-electron chi connectivity index (χ2n) is 6.07. The van der Waals surface area contributed by atoms with E-state index in [2.05, 4.69) is 12.2 Å². The van der Waals surface area contributed by atoms with Crippen LogP contribution in [0.2, 0.25) is 0 Å². The van der Waals surface area contributed by atoms with Crippen molar-refractivity contribution in [1.82, 2.24) is 5.32 Å². The Bertz CT molecular complexity index is 430. The molecule has 1 saturated carbocycles. The van der Waals surface area contributed by atoms with Crippen LogP contribution < -0.4 is 11.1 Å². The molecule has 21 heavy (non-hydrogen) atoms. The van der Waals surface area contributed by atoms with Crippen molar-refractivity contribution in [2.45, 2.75) is 51.5 Å². The molecule has 0 saturated heterocycles. The van der Waals surface area contributed by atoms with Crippen LogP contribution in [-0.4, -0.2) is 18.5 Å². The molecule has 118 valence electrons. The van der Waals surface area contributed by atoms with Gasteiger partial charge in [-0.3, -0.25) is 4.79 Å². The summed E-state index contributed by atoms with van der Waals surface area (Å²) in [7, 11) is 0. The number of carbonyl (C=O) groups excluding carboxylic acids is 1. The van der Waals surface area contributed by atoms with Gasteiger partial charge in [0.15, 0.2) is 0 Å². The highest BCUT2D eigenvalue weighted by Crippen LogP contribution is 2.40. The summed E-state index contributed by atoms with van der Waals surface area (Å²) in [4.78, 5) is 12.1. The van der Waals surface area contributed by atoms with Gasteiger partial charge in [-0.25, -0.2) is 0 Å². The van der Waals surface area contributed by atoms with Crippen molar-refractivity contribution < 1.29 is 4.79 Å².